The molecule has 2 aromatic rings. The van der Waals surface area contributed by atoms with Gasteiger partial charge in [-0.1, -0.05) is 13.3 Å². The van der Waals surface area contributed by atoms with Crippen LogP contribution in [0.2, 0.25) is 0 Å². The van der Waals surface area contributed by atoms with Gasteiger partial charge in [-0.15, -0.1) is 0 Å². The molecule has 0 spiro atoms. The van der Waals surface area contributed by atoms with Crippen molar-refractivity contribution >= 4 is 5.91 Å². The van der Waals surface area contributed by atoms with Crippen LogP contribution in [0.4, 0.5) is 0 Å². The van der Waals surface area contributed by atoms with Crippen LogP contribution in [0.25, 0.3) is 0 Å². The lowest BCUT2D eigenvalue weighted by molar-refractivity contribution is 0.0715. The van der Waals surface area contributed by atoms with E-state index >= 15 is 0 Å². The summed E-state index contributed by atoms with van der Waals surface area (Å²) in [5.41, 5.74) is 2.71. The number of hydrogen-bond donors (Lipinski definition) is 1. The molecule has 3 rings (SSSR count). The van der Waals surface area contributed by atoms with Crippen molar-refractivity contribution in [3.63, 3.8) is 0 Å². The molecule has 118 valence electrons. The van der Waals surface area contributed by atoms with E-state index in [1.807, 2.05) is 35.0 Å². The van der Waals surface area contributed by atoms with Gasteiger partial charge in [-0.3, -0.25) is 14.6 Å². The third-order valence-electron chi connectivity index (χ3n) is 4.17. The van der Waals surface area contributed by atoms with E-state index in [0.717, 1.165) is 50.0 Å². The van der Waals surface area contributed by atoms with Crippen molar-refractivity contribution in [1.82, 2.24) is 24.9 Å². The van der Waals surface area contributed by atoms with E-state index in [9.17, 15) is 4.79 Å². The zero-order chi connectivity index (χ0) is 15.5. The maximum absolute atomic E-state index is 12.7. The molecule has 0 unspecified atom stereocenters. The Morgan fingerprint density at radius 2 is 2.36 bits per heavy atom. The summed E-state index contributed by atoms with van der Waals surface area (Å²) in [7, 11) is 0. The van der Waals surface area contributed by atoms with E-state index in [4.69, 9.17) is 0 Å². The van der Waals surface area contributed by atoms with Crippen LogP contribution < -0.4 is 0 Å². The molecule has 1 aliphatic rings. The Kier molecular flexibility index (Phi) is 4.27. The Morgan fingerprint density at radius 1 is 1.50 bits per heavy atom. The van der Waals surface area contributed by atoms with E-state index < -0.39 is 0 Å². The number of nitrogens with zero attached hydrogens (tertiary/aromatic N) is 4. The number of likely N-dealkylation sites (tertiary alicyclic amines) is 1. The predicted octanol–water partition coefficient (Wildman–Crippen LogP) is 2.17. The molecule has 1 fully saturated rings. The average Bonchev–Trinajstić information content (AvgIpc) is 3.21. The van der Waals surface area contributed by atoms with Gasteiger partial charge in [0, 0.05) is 18.4 Å². The fraction of sp³-hybridized carbons (Fsp3) is 0.562. The molecule has 0 saturated carbocycles. The molecule has 6 heteroatoms. The normalized spacial score (nSPS) is 18.1. The average molecular weight is 301 g/mol. The van der Waals surface area contributed by atoms with Crippen LogP contribution in [0, 0.1) is 6.92 Å². The number of carbonyl (C=O) groups excluding carboxylic acids is 1. The number of nitrogens with one attached hydrogen (secondary N) is 1. The Hall–Kier alpha value is -2.11. The first kappa shape index (κ1) is 14.8. The number of amides is 1. The van der Waals surface area contributed by atoms with E-state index in [1.165, 1.54) is 0 Å². The van der Waals surface area contributed by atoms with Crippen LogP contribution in [-0.2, 0) is 13.0 Å². The summed E-state index contributed by atoms with van der Waals surface area (Å²) in [5, 5.41) is 11.5. The van der Waals surface area contributed by atoms with Gasteiger partial charge in [0.25, 0.3) is 5.91 Å². The molecule has 0 bridgehead atoms. The first-order valence-electron chi connectivity index (χ1n) is 8.01. The number of rotatable bonds is 5. The van der Waals surface area contributed by atoms with E-state index in [2.05, 4.69) is 22.2 Å². The number of aromatic nitrogens is 4. The first-order chi connectivity index (χ1) is 10.7. The molecule has 1 saturated heterocycles. The van der Waals surface area contributed by atoms with Gasteiger partial charge in [-0.25, -0.2) is 0 Å². The minimum atomic E-state index is 0.0324. The summed E-state index contributed by atoms with van der Waals surface area (Å²) in [4.78, 5) is 14.6. The highest BCUT2D eigenvalue weighted by molar-refractivity contribution is 5.92. The summed E-state index contributed by atoms with van der Waals surface area (Å²) in [6, 6.07) is 2.09. The third kappa shape index (κ3) is 3.05. The Labute approximate surface area is 130 Å². The molecule has 1 N–H and O–H groups in total. The van der Waals surface area contributed by atoms with Crippen molar-refractivity contribution in [3.8, 4) is 0 Å². The molecule has 2 aromatic heterocycles. The summed E-state index contributed by atoms with van der Waals surface area (Å²) < 4.78 is 1.93. The van der Waals surface area contributed by atoms with Gasteiger partial charge in [0.05, 0.1) is 18.8 Å². The zero-order valence-corrected chi connectivity index (χ0v) is 13.2. The second-order valence-electron chi connectivity index (χ2n) is 6.06. The Balaban J connectivity index is 1.70. The monoisotopic (exact) mass is 301 g/mol. The van der Waals surface area contributed by atoms with Crippen molar-refractivity contribution in [1.29, 1.82) is 0 Å². The lowest BCUT2D eigenvalue weighted by Crippen LogP contribution is -2.38. The molecular weight excluding hydrogens is 278 g/mol. The second-order valence-corrected chi connectivity index (χ2v) is 6.06. The standard InChI is InChI=1S/C16H23N5O/c1-3-5-13-8-15(19-18-13)16(22)21-7-4-6-14(21)11-20-10-12(2)9-17-20/h8-10,14H,3-7,11H2,1-2H3,(H,18,19)/t14-/m1/s1. The topological polar surface area (TPSA) is 66.8 Å². The highest BCUT2D eigenvalue weighted by Gasteiger charge is 2.31. The predicted molar refractivity (Wildman–Crippen MR) is 83.6 cm³/mol. The van der Waals surface area contributed by atoms with Gasteiger partial charge in [0.15, 0.2) is 0 Å². The molecule has 0 aromatic carbocycles. The fourth-order valence-electron chi connectivity index (χ4n) is 3.09. The first-order valence-corrected chi connectivity index (χ1v) is 8.01. The number of carbonyl (C=O) groups is 1. The largest absolute Gasteiger partial charge is 0.332 e. The lowest BCUT2D eigenvalue weighted by Gasteiger charge is -2.23. The van der Waals surface area contributed by atoms with Gasteiger partial charge < -0.3 is 4.90 Å². The molecule has 1 aliphatic heterocycles. The van der Waals surface area contributed by atoms with Gasteiger partial charge in [-0.05, 0) is 37.8 Å². The van der Waals surface area contributed by atoms with Gasteiger partial charge in [0.1, 0.15) is 5.69 Å². The van der Waals surface area contributed by atoms with Gasteiger partial charge in [0.2, 0.25) is 0 Å². The second kappa shape index (κ2) is 6.34. The van der Waals surface area contributed by atoms with Crippen LogP contribution in [-0.4, -0.2) is 43.4 Å². The smallest absolute Gasteiger partial charge is 0.274 e. The third-order valence-corrected chi connectivity index (χ3v) is 4.17. The number of aryl methyl sites for hydroxylation is 2. The Morgan fingerprint density at radius 3 is 3.09 bits per heavy atom. The number of aromatic amines is 1. The van der Waals surface area contributed by atoms with E-state index in [1.54, 1.807) is 0 Å². The van der Waals surface area contributed by atoms with Crippen LogP contribution in [0.5, 0.6) is 0 Å². The molecule has 1 amide bonds. The summed E-state index contributed by atoms with van der Waals surface area (Å²) in [6.07, 6.45) is 7.91. The van der Waals surface area contributed by atoms with Crippen LogP contribution >= 0.6 is 0 Å². The van der Waals surface area contributed by atoms with Crippen LogP contribution in [0.3, 0.4) is 0 Å². The van der Waals surface area contributed by atoms with Crippen molar-refractivity contribution in [3.05, 3.63) is 35.4 Å². The summed E-state index contributed by atoms with van der Waals surface area (Å²) >= 11 is 0. The van der Waals surface area contributed by atoms with Gasteiger partial charge in [-0.2, -0.15) is 10.2 Å². The van der Waals surface area contributed by atoms with E-state index in [-0.39, 0.29) is 11.9 Å². The van der Waals surface area contributed by atoms with Crippen molar-refractivity contribution < 1.29 is 4.79 Å². The highest BCUT2D eigenvalue weighted by Crippen LogP contribution is 2.21. The minimum absolute atomic E-state index is 0.0324. The summed E-state index contributed by atoms with van der Waals surface area (Å²) in [6.45, 7) is 5.70. The van der Waals surface area contributed by atoms with Crippen molar-refractivity contribution in [2.45, 2.75) is 52.1 Å². The quantitative estimate of drug-likeness (QED) is 0.920. The van der Waals surface area contributed by atoms with Crippen molar-refractivity contribution in [2.24, 2.45) is 0 Å². The van der Waals surface area contributed by atoms with Crippen molar-refractivity contribution in [2.75, 3.05) is 6.54 Å². The van der Waals surface area contributed by atoms with Crippen LogP contribution in [0.1, 0.15) is 47.9 Å². The highest BCUT2D eigenvalue weighted by atomic mass is 16.2. The van der Waals surface area contributed by atoms with Crippen LogP contribution in [0.15, 0.2) is 18.5 Å². The SMILES string of the molecule is CCCc1cc(C(=O)N2CCC[C@@H]2Cn2cc(C)cn2)n[nH]1. The fourth-order valence-corrected chi connectivity index (χ4v) is 3.09. The molecule has 22 heavy (non-hydrogen) atoms. The molecule has 6 nitrogen and oxygen atoms in total. The number of H-pyrrole nitrogens is 1. The molecule has 1 atom stereocenters. The summed E-state index contributed by atoms with van der Waals surface area (Å²) in [5.74, 6) is 0.0324. The lowest BCUT2D eigenvalue weighted by atomic mass is 10.2. The molecule has 0 aliphatic carbocycles. The minimum Gasteiger partial charge on any atom is -0.332 e. The number of hydrogen-bond acceptors (Lipinski definition) is 3. The molecule has 0 radical (unpaired) electrons. The van der Waals surface area contributed by atoms with E-state index in [0.29, 0.717) is 5.69 Å². The maximum Gasteiger partial charge on any atom is 0.274 e. The van der Waals surface area contributed by atoms with Gasteiger partial charge >= 0.3 is 0 Å². The zero-order valence-electron chi connectivity index (χ0n) is 13.2. The molecular formula is C16H23N5O. The molecule has 3 heterocycles. The maximum atomic E-state index is 12.7. The Bertz CT molecular complexity index is 645.